The van der Waals surface area contributed by atoms with Gasteiger partial charge < -0.3 is 11.5 Å². The Morgan fingerprint density at radius 1 is 0.242 bits per heavy atom. The third kappa shape index (κ3) is 14.9. The van der Waals surface area contributed by atoms with E-state index >= 15 is 0 Å². The largest absolute Gasteiger partial charge is 0.397 e. The van der Waals surface area contributed by atoms with Gasteiger partial charge in [0.1, 0.15) is 11.0 Å². The number of hydrogen-bond acceptors (Lipinski definition) is 22. The van der Waals surface area contributed by atoms with Crippen LogP contribution in [0.25, 0.3) is 89.2 Å². The Labute approximate surface area is 720 Å². The molecule has 20 rings (SSSR count). The van der Waals surface area contributed by atoms with Crippen LogP contribution in [0.1, 0.15) is 106 Å². The number of carbonyl (C=O) groups excluding carboxylic acids is 8. The average Bonchev–Trinajstić information content (AvgIpc) is 1.19. The Bertz CT molecular complexity index is 7190. The number of halogens is 4. The molecule has 28 nitrogen and oxygen atoms in total. The van der Waals surface area contributed by atoms with Crippen LogP contribution in [0.15, 0.2) is 267 Å². The minimum atomic E-state index is -0.544. The highest BCUT2D eigenvalue weighted by Gasteiger charge is 2.41. The standard InChI is InChI=1S/2C23H13ClN4O4.2C23H15ClN4O2/c24-16-9-4-3-8-15(16)20-18(26-21-17(25-20)10-5-11-19(21)28(31)32)12-27-22(29)13-6-1-2-7-14(13)23(27)30;24-16-9-4-3-8-15(16)20-18(25-17-10-5-11-19(28(31)32)21(17)26-20)12-27-22(29)13-6-1-2-7-14(13)23(27)30;24-16-9-4-3-8-15(16)20-19(27-21-17(25)10-5-11-18(21)26-20)12-28-22(29)13-6-1-2-7-14(13)23(28)30;24-16-9-4-3-8-15(16)20-19(26-18-11-5-10-17(25)21(18)27-20)12-28-22(29)13-6-1-2-7-14(13)23(28)30/h2*1-11H,12H2;2*1-11H,12,25H2. The number of nitrogen functional groups attached to an aromatic ring is 2. The van der Waals surface area contributed by atoms with Gasteiger partial charge in [-0.1, -0.05) is 192 Å². The molecule has 12 aromatic carbocycles. The zero-order chi connectivity index (χ0) is 86.5. The summed E-state index contributed by atoms with van der Waals surface area (Å²) in [6.07, 6.45) is 0. The van der Waals surface area contributed by atoms with E-state index in [2.05, 4.69) is 19.9 Å². The average molecular weight is 1720 g/mol. The minimum absolute atomic E-state index is 0.0232. The van der Waals surface area contributed by atoms with Crippen LogP contribution in [0.2, 0.25) is 20.1 Å². The molecule has 604 valence electrons. The molecule has 8 amide bonds. The summed E-state index contributed by atoms with van der Waals surface area (Å²) < 4.78 is 0. The lowest BCUT2D eigenvalue weighted by molar-refractivity contribution is -0.383. The highest BCUT2D eigenvalue weighted by molar-refractivity contribution is 6.35. The lowest BCUT2D eigenvalue weighted by Gasteiger charge is -2.17. The quantitative estimate of drug-likeness (QED) is 0.0442. The molecule has 4 aliphatic rings. The molecule has 8 heterocycles. The summed E-state index contributed by atoms with van der Waals surface area (Å²) in [7, 11) is 0. The first-order valence-corrected chi connectivity index (χ1v) is 39.3. The van der Waals surface area contributed by atoms with Gasteiger partial charge in [0.2, 0.25) is 0 Å². The Balaban J connectivity index is 0.000000117. The van der Waals surface area contributed by atoms with Crippen molar-refractivity contribution in [2.45, 2.75) is 26.2 Å². The van der Waals surface area contributed by atoms with E-state index in [4.69, 9.17) is 77.8 Å². The first-order chi connectivity index (χ1) is 60.0. The second kappa shape index (κ2) is 33.4. The number of fused-ring (bicyclic) bond motifs is 8. The summed E-state index contributed by atoms with van der Waals surface area (Å²) in [4.78, 5) is 166. The molecule has 0 saturated heterocycles. The third-order valence-corrected chi connectivity index (χ3v) is 22.1. The number of non-ortho nitro benzene ring substituents is 2. The van der Waals surface area contributed by atoms with Crippen LogP contribution in [-0.4, -0.2) is 117 Å². The Kier molecular flexibility index (Phi) is 21.7. The number of anilines is 2. The summed E-state index contributed by atoms with van der Waals surface area (Å²) >= 11 is 25.6. The molecule has 0 radical (unpaired) electrons. The van der Waals surface area contributed by atoms with Crippen molar-refractivity contribution >= 4 is 161 Å². The molecular formula is C92H56Cl4N16O12. The van der Waals surface area contributed by atoms with Crippen molar-refractivity contribution in [2.24, 2.45) is 0 Å². The van der Waals surface area contributed by atoms with Crippen molar-refractivity contribution in [3.63, 3.8) is 0 Å². The first kappa shape index (κ1) is 80.5. The zero-order valence-corrected chi connectivity index (χ0v) is 67.1. The van der Waals surface area contributed by atoms with Gasteiger partial charge in [0.25, 0.3) is 58.6 Å². The second-order valence-corrected chi connectivity index (χ2v) is 29.8. The fraction of sp³-hybridized carbons (Fsp3) is 0.0435. The van der Waals surface area contributed by atoms with Crippen molar-refractivity contribution in [3.8, 4) is 45.0 Å². The molecule has 0 atom stereocenters. The highest BCUT2D eigenvalue weighted by Crippen LogP contribution is 2.40. The number of aromatic nitrogens is 8. The van der Waals surface area contributed by atoms with Crippen molar-refractivity contribution in [2.75, 3.05) is 11.5 Å². The predicted octanol–water partition coefficient (Wildman–Crippen LogP) is 18.0. The molecule has 0 spiro atoms. The molecule has 4 aromatic heterocycles. The number of rotatable bonds is 14. The fourth-order valence-electron chi connectivity index (χ4n) is 14.8. The third-order valence-electron chi connectivity index (χ3n) is 20.7. The summed E-state index contributed by atoms with van der Waals surface area (Å²) in [6, 6.07) is 74.5. The molecule has 0 unspecified atom stereocenters. The molecule has 0 saturated carbocycles. The van der Waals surface area contributed by atoms with Crippen molar-refractivity contribution in [1.82, 2.24) is 59.5 Å². The molecule has 32 heteroatoms. The maximum absolute atomic E-state index is 12.9. The van der Waals surface area contributed by atoms with Gasteiger partial charge in [-0.05, 0) is 109 Å². The van der Waals surface area contributed by atoms with Crippen LogP contribution in [0.5, 0.6) is 0 Å². The number of hydrogen-bond donors (Lipinski definition) is 2. The summed E-state index contributed by atoms with van der Waals surface area (Å²) in [5, 5.41) is 24.8. The van der Waals surface area contributed by atoms with Crippen molar-refractivity contribution < 1.29 is 48.2 Å². The normalized spacial score (nSPS) is 13.1. The van der Waals surface area contributed by atoms with Crippen LogP contribution < -0.4 is 11.5 Å². The van der Waals surface area contributed by atoms with Crippen LogP contribution in [0.4, 0.5) is 22.7 Å². The van der Waals surface area contributed by atoms with Gasteiger partial charge >= 0.3 is 0 Å². The van der Waals surface area contributed by atoms with Crippen molar-refractivity contribution in [3.05, 3.63) is 375 Å². The number of nitro benzene ring substituents is 2. The SMILES string of the molecule is Nc1cccc2nc(-c3ccccc3Cl)c(CN3C(=O)c4ccccc4C3=O)nc12.Nc1cccc2nc(CN3C(=O)c4ccccc4C3=O)c(-c3ccccc3Cl)nc12.O=C1c2ccccc2C(=O)N1Cc1nc2c([N+](=O)[O-])cccc2nc1-c1ccccc1Cl.O=C1c2ccccc2C(=O)N1Cc1nc2cccc([N+](=O)[O-])c2nc1-c1ccccc1Cl. The van der Waals surface area contributed by atoms with E-state index < -0.39 is 33.5 Å². The van der Waals surface area contributed by atoms with Gasteiger partial charge in [-0.25, -0.2) is 39.9 Å². The molecule has 0 bridgehead atoms. The fourth-order valence-corrected chi connectivity index (χ4v) is 15.7. The number of benzene rings is 12. The number of nitrogens with zero attached hydrogens (tertiary/aromatic N) is 14. The van der Waals surface area contributed by atoms with E-state index in [1.807, 2.05) is 42.5 Å². The molecule has 4 aliphatic heterocycles. The lowest BCUT2D eigenvalue weighted by Crippen LogP contribution is -2.30. The molecule has 124 heavy (non-hydrogen) atoms. The van der Waals surface area contributed by atoms with Crippen molar-refractivity contribution in [1.29, 1.82) is 0 Å². The molecular weight excluding hydrogens is 1660 g/mol. The minimum Gasteiger partial charge on any atom is -0.397 e. The van der Waals surface area contributed by atoms with Gasteiger partial charge in [-0.15, -0.1) is 0 Å². The Morgan fingerprint density at radius 2 is 0.444 bits per heavy atom. The van der Waals surface area contributed by atoms with Gasteiger partial charge in [0.05, 0.1) is 180 Å². The van der Waals surface area contributed by atoms with E-state index in [-0.39, 0.29) is 89.1 Å². The maximum Gasteiger partial charge on any atom is 0.297 e. The van der Waals surface area contributed by atoms with Gasteiger partial charge in [-0.2, -0.15) is 0 Å². The number of para-hydroxylation sites is 4. The van der Waals surface area contributed by atoms with Crippen LogP contribution >= 0.6 is 46.4 Å². The predicted molar refractivity (Wildman–Crippen MR) is 465 cm³/mol. The number of amides is 8. The molecule has 0 fully saturated rings. The maximum atomic E-state index is 12.9. The van der Waals surface area contributed by atoms with Crippen LogP contribution in [-0.2, 0) is 26.2 Å². The lowest BCUT2D eigenvalue weighted by atomic mass is 10.1. The molecule has 0 aliphatic carbocycles. The van der Waals surface area contributed by atoms with Crippen LogP contribution in [0.3, 0.4) is 0 Å². The highest BCUT2D eigenvalue weighted by atomic mass is 35.5. The van der Waals surface area contributed by atoms with E-state index in [1.165, 1.54) is 34.1 Å². The summed E-state index contributed by atoms with van der Waals surface area (Å²) in [6.45, 7) is -0.421. The zero-order valence-electron chi connectivity index (χ0n) is 64.1. The monoisotopic (exact) mass is 1720 g/mol. The Hall–Kier alpha value is -15.9. The smallest absolute Gasteiger partial charge is 0.297 e. The summed E-state index contributed by atoms with van der Waals surface area (Å²) in [5.74, 6) is -3.20. The number of carbonyl (C=O) groups is 8. The first-order valence-electron chi connectivity index (χ1n) is 37.8. The molecule has 4 N–H and O–H groups in total. The molecule has 16 aromatic rings. The van der Waals surface area contributed by atoms with E-state index in [0.717, 1.165) is 9.80 Å². The number of imide groups is 4. The van der Waals surface area contributed by atoms with E-state index in [0.29, 0.717) is 160 Å². The summed E-state index contributed by atoms with van der Waals surface area (Å²) in [5.41, 5.74) is 24.0. The van der Waals surface area contributed by atoms with Gasteiger partial charge in [0.15, 0.2) is 11.0 Å². The van der Waals surface area contributed by atoms with E-state index in [1.54, 1.807) is 200 Å². The van der Waals surface area contributed by atoms with E-state index in [9.17, 15) is 58.6 Å². The number of nitro groups is 2. The van der Waals surface area contributed by atoms with Gasteiger partial charge in [-0.3, -0.25) is 78.2 Å². The Morgan fingerprint density at radius 3 is 0.726 bits per heavy atom. The second-order valence-electron chi connectivity index (χ2n) is 28.2. The van der Waals surface area contributed by atoms with Crippen LogP contribution in [0, 0.1) is 20.2 Å². The topological polar surface area (TPSA) is 391 Å². The number of nitrogens with two attached hydrogens (primary N) is 2. The van der Waals surface area contributed by atoms with Gasteiger partial charge in [0, 0.05) is 34.4 Å².